The number of hydrogen-bond acceptors (Lipinski definition) is 7. The lowest BCUT2D eigenvalue weighted by molar-refractivity contribution is -0.138. The van der Waals surface area contributed by atoms with Gasteiger partial charge in [-0.3, -0.25) is 19.2 Å². The smallest absolute Gasteiger partial charge is 0.249 e. The maximum atomic E-state index is 13.3. The molecule has 4 rings (SSSR count). The van der Waals surface area contributed by atoms with Crippen molar-refractivity contribution in [2.24, 2.45) is 5.92 Å². The second-order valence-electron chi connectivity index (χ2n) is 9.98. The lowest BCUT2D eigenvalue weighted by Crippen LogP contribution is -2.52. The number of ether oxygens (including phenoxy) is 1. The number of amides is 4. The van der Waals surface area contributed by atoms with Crippen LogP contribution in [0.1, 0.15) is 61.4 Å². The van der Waals surface area contributed by atoms with E-state index in [1.807, 2.05) is 25.1 Å². The number of fused-ring (bicyclic) bond motifs is 4. The first-order valence-electron chi connectivity index (χ1n) is 13.0. The van der Waals surface area contributed by atoms with Crippen LogP contribution < -0.4 is 20.7 Å². The van der Waals surface area contributed by atoms with Gasteiger partial charge in [0.15, 0.2) is 11.9 Å². The molecule has 2 aromatic rings. The molecule has 11 heteroatoms. The van der Waals surface area contributed by atoms with E-state index < -0.39 is 29.8 Å². The third kappa shape index (κ3) is 6.90. The van der Waals surface area contributed by atoms with Crippen molar-refractivity contribution in [3.63, 3.8) is 0 Å². The van der Waals surface area contributed by atoms with Gasteiger partial charge in [0.05, 0.1) is 13.0 Å². The monoisotopic (exact) mass is 525 g/mol. The van der Waals surface area contributed by atoms with E-state index in [1.165, 1.54) is 13.2 Å². The Morgan fingerprint density at radius 2 is 1.97 bits per heavy atom. The first-order chi connectivity index (χ1) is 18.2. The Bertz CT molecular complexity index is 1190. The van der Waals surface area contributed by atoms with Gasteiger partial charge in [-0.2, -0.15) is 0 Å². The highest BCUT2D eigenvalue weighted by molar-refractivity contribution is 5.94. The molecule has 2 unspecified atom stereocenters. The molecule has 0 saturated carbocycles. The Kier molecular flexibility index (Phi) is 8.65. The molecule has 204 valence electrons. The standard InChI is InChI=1S/C27H35N5O6/c1-16-6-7-21-11-20(16)13-28-27(36)25(23-15-38-18(3)30-23)31-26(35)22(29-17(2)33)12-24(34)32-9-4-5-19(14-32)8-10-37-21/h6-7,11,15,19,22,25H,4-5,8-10,12-14H2,1-3H3,(H,28,36)(H,29,33)(H,31,35)/t19?,22-,25?/m0/s1. The minimum atomic E-state index is -1.19. The summed E-state index contributed by atoms with van der Waals surface area (Å²) in [6, 6.07) is 3.40. The van der Waals surface area contributed by atoms with Crippen molar-refractivity contribution in [3.05, 3.63) is 47.2 Å². The second-order valence-corrected chi connectivity index (χ2v) is 9.98. The van der Waals surface area contributed by atoms with E-state index in [-0.39, 0.29) is 30.5 Å². The topological polar surface area (TPSA) is 143 Å². The molecule has 11 nitrogen and oxygen atoms in total. The van der Waals surface area contributed by atoms with Crippen molar-refractivity contribution in [1.29, 1.82) is 0 Å². The van der Waals surface area contributed by atoms with Crippen LogP contribution in [0.2, 0.25) is 0 Å². The zero-order chi connectivity index (χ0) is 27.2. The van der Waals surface area contributed by atoms with E-state index >= 15 is 0 Å². The minimum absolute atomic E-state index is 0.205. The van der Waals surface area contributed by atoms with Crippen molar-refractivity contribution in [3.8, 4) is 5.75 Å². The molecule has 0 spiro atoms. The average Bonchev–Trinajstić information content (AvgIpc) is 3.31. The summed E-state index contributed by atoms with van der Waals surface area (Å²) in [7, 11) is 0. The molecular formula is C27H35N5O6. The predicted molar refractivity (Wildman–Crippen MR) is 137 cm³/mol. The Labute approximate surface area is 221 Å². The van der Waals surface area contributed by atoms with Crippen LogP contribution in [0.15, 0.2) is 28.9 Å². The fourth-order valence-electron chi connectivity index (χ4n) is 4.87. The van der Waals surface area contributed by atoms with Crippen molar-refractivity contribution < 1.29 is 28.3 Å². The summed E-state index contributed by atoms with van der Waals surface area (Å²) >= 11 is 0. The van der Waals surface area contributed by atoms with Crippen LogP contribution in [0.5, 0.6) is 5.75 Å². The lowest BCUT2D eigenvalue weighted by atomic mass is 9.94. The van der Waals surface area contributed by atoms with Gasteiger partial charge in [-0.1, -0.05) is 6.07 Å². The van der Waals surface area contributed by atoms with Crippen molar-refractivity contribution >= 4 is 23.6 Å². The number of aryl methyl sites for hydroxylation is 2. The van der Waals surface area contributed by atoms with Crippen LogP contribution in [0.4, 0.5) is 0 Å². The molecule has 38 heavy (non-hydrogen) atoms. The largest absolute Gasteiger partial charge is 0.494 e. The summed E-state index contributed by atoms with van der Waals surface area (Å²) in [4.78, 5) is 57.7. The number of hydrogen-bond donors (Lipinski definition) is 3. The molecule has 3 heterocycles. The normalized spacial score (nSPS) is 23.4. The summed E-state index contributed by atoms with van der Waals surface area (Å²) in [5, 5.41) is 8.09. The maximum absolute atomic E-state index is 13.3. The number of nitrogens with one attached hydrogen (secondary N) is 3. The van der Waals surface area contributed by atoms with Crippen LogP contribution in [0, 0.1) is 19.8 Å². The molecule has 4 bridgehead atoms. The second kappa shape index (κ2) is 12.1. The SMILES string of the molecule is CC(=O)N[C@H]1CC(=O)N2CCCC(CCOc3ccc(C)c(c3)CNC(=O)C(c3coc(C)n3)NC1=O)C2. The highest BCUT2D eigenvalue weighted by Crippen LogP contribution is 2.23. The van der Waals surface area contributed by atoms with Crippen LogP contribution in [0.3, 0.4) is 0 Å². The maximum Gasteiger partial charge on any atom is 0.249 e. The molecule has 2 aliphatic rings. The van der Waals surface area contributed by atoms with E-state index in [0.717, 1.165) is 30.4 Å². The van der Waals surface area contributed by atoms with Gasteiger partial charge in [-0.05, 0) is 55.4 Å². The van der Waals surface area contributed by atoms with Gasteiger partial charge in [0.2, 0.25) is 23.6 Å². The number of carbonyl (C=O) groups excluding carboxylic acids is 4. The minimum Gasteiger partial charge on any atom is -0.494 e. The third-order valence-electron chi connectivity index (χ3n) is 6.99. The molecule has 1 aromatic carbocycles. The Balaban J connectivity index is 1.64. The molecule has 0 aliphatic carbocycles. The fourth-order valence-corrected chi connectivity index (χ4v) is 4.87. The van der Waals surface area contributed by atoms with Crippen LogP contribution in [-0.2, 0) is 25.7 Å². The fraction of sp³-hybridized carbons (Fsp3) is 0.519. The predicted octanol–water partition coefficient (Wildman–Crippen LogP) is 1.68. The average molecular weight is 526 g/mol. The van der Waals surface area contributed by atoms with Crippen molar-refractivity contribution in [1.82, 2.24) is 25.8 Å². The zero-order valence-electron chi connectivity index (χ0n) is 22.0. The third-order valence-corrected chi connectivity index (χ3v) is 6.99. The Morgan fingerprint density at radius 3 is 2.71 bits per heavy atom. The van der Waals surface area contributed by atoms with Gasteiger partial charge >= 0.3 is 0 Å². The van der Waals surface area contributed by atoms with Crippen molar-refractivity contribution in [2.45, 2.75) is 65.1 Å². The van der Waals surface area contributed by atoms with E-state index in [0.29, 0.717) is 31.3 Å². The van der Waals surface area contributed by atoms with Crippen LogP contribution in [0.25, 0.3) is 0 Å². The van der Waals surface area contributed by atoms with Gasteiger partial charge in [0, 0.05) is 33.5 Å². The number of carbonyl (C=O) groups is 4. The Hall–Kier alpha value is -3.89. The van der Waals surface area contributed by atoms with Gasteiger partial charge in [-0.25, -0.2) is 4.98 Å². The van der Waals surface area contributed by atoms with Crippen LogP contribution >= 0.6 is 0 Å². The highest BCUT2D eigenvalue weighted by atomic mass is 16.5. The zero-order valence-corrected chi connectivity index (χ0v) is 22.0. The van der Waals surface area contributed by atoms with Crippen LogP contribution in [-0.4, -0.2) is 59.3 Å². The summed E-state index contributed by atoms with van der Waals surface area (Å²) < 4.78 is 11.3. The number of nitrogens with zero attached hydrogens (tertiary/aromatic N) is 2. The number of oxazole rings is 1. The summed E-state index contributed by atoms with van der Waals surface area (Å²) in [5.41, 5.74) is 2.07. The van der Waals surface area contributed by atoms with Gasteiger partial charge in [0.25, 0.3) is 0 Å². The number of rotatable bonds is 2. The molecule has 3 atom stereocenters. The van der Waals surface area contributed by atoms with Gasteiger partial charge < -0.3 is 30.0 Å². The molecule has 4 amide bonds. The number of benzene rings is 1. The lowest BCUT2D eigenvalue weighted by Gasteiger charge is -2.34. The van der Waals surface area contributed by atoms with Crippen molar-refractivity contribution in [2.75, 3.05) is 19.7 Å². The molecular weight excluding hydrogens is 490 g/mol. The van der Waals surface area contributed by atoms with Gasteiger partial charge in [0.1, 0.15) is 23.7 Å². The van der Waals surface area contributed by atoms with E-state index in [1.54, 1.807) is 11.8 Å². The van der Waals surface area contributed by atoms with Gasteiger partial charge in [-0.15, -0.1) is 0 Å². The number of aromatic nitrogens is 1. The summed E-state index contributed by atoms with van der Waals surface area (Å²) in [6.07, 6.45) is 3.73. The molecule has 3 N–H and O–H groups in total. The first kappa shape index (κ1) is 27.2. The molecule has 1 fully saturated rings. The molecule has 1 aromatic heterocycles. The molecule has 2 aliphatic heterocycles. The summed E-state index contributed by atoms with van der Waals surface area (Å²) in [6.45, 7) is 6.73. The van der Waals surface area contributed by atoms with E-state index in [9.17, 15) is 19.2 Å². The molecule has 0 radical (unpaired) electrons. The quantitative estimate of drug-likeness (QED) is 0.541. The Morgan fingerprint density at radius 1 is 1.16 bits per heavy atom. The first-order valence-corrected chi connectivity index (χ1v) is 13.0. The number of piperidine rings is 1. The highest BCUT2D eigenvalue weighted by Gasteiger charge is 2.33. The molecule has 1 saturated heterocycles. The summed E-state index contributed by atoms with van der Waals surface area (Å²) in [5.74, 6) is -0.533. The van der Waals surface area contributed by atoms with E-state index in [2.05, 4.69) is 20.9 Å². The van der Waals surface area contributed by atoms with E-state index in [4.69, 9.17) is 9.15 Å².